The summed E-state index contributed by atoms with van der Waals surface area (Å²) in [7, 11) is -2.52. The van der Waals surface area contributed by atoms with Crippen LogP contribution in [-0.4, -0.2) is 20.4 Å². The van der Waals surface area contributed by atoms with E-state index in [2.05, 4.69) is 4.98 Å². The highest BCUT2D eigenvalue weighted by Gasteiger charge is 2.24. The molecule has 0 unspecified atom stereocenters. The molecule has 94 valence electrons. The van der Waals surface area contributed by atoms with Crippen LogP contribution in [0, 0.1) is 5.82 Å². The van der Waals surface area contributed by atoms with Gasteiger partial charge in [-0.1, -0.05) is 12.1 Å². The third-order valence-electron chi connectivity index (χ3n) is 2.50. The van der Waals surface area contributed by atoms with Gasteiger partial charge in [-0.2, -0.15) is 0 Å². The molecule has 0 amide bonds. The normalized spacial score (nSPS) is 11.2. The molecule has 0 saturated heterocycles. The van der Waals surface area contributed by atoms with Crippen molar-refractivity contribution < 1.29 is 12.8 Å². The van der Waals surface area contributed by atoms with E-state index in [4.69, 9.17) is 0 Å². The van der Waals surface area contributed by atoms with E-state index in [0.717, 1.165) is 10.4 Å². The average molecular weight is 266 g/mol. The highest BCUT2D eigenvalue weighted by Crippen LogP contribution is 2.22. The largest absolute Gasteiger partial charge is 0.269 e. The van der Waals surface area contributed by atoms with Gasteiger partial charge in [0.25, 0.3) is 10.0 Å². The van der Waals surface area contributed by atoms with Crippen molar-refractivity contribution in [1.29, 1.82) is 0 Å². The second kappa shape index (κ2) is 4.73. The fraction of sp³-hybridized carbons (Fsp3) is 0.0833. The molecular formula is C12H11FN2O2S. The molecule has 1 heterocycles. The van der Waals surface area contributed by atoms with Crippen LogP contribution in [0.5, 0.6) is 0 Å². The molecule has 6 heteroatoms. The Hall–Kier alpha value is -1.95. The SMILES string of the molecule is CN(c1ccncc1)S(=O)(=O)c1ccccc1F. The third-order valence-corrected chi connectivity index (χ3v) is 4.32. The van der Waals surface area contributed by atoms with Crippen LogP contribution in [0.15, 0.2) is 53.7 Å². The van der Waals surface area contributed by atoms with Gasteiger partial charge in [0.15, 0.2) is 0 Å². The summed E-state index contributed by atoms with van der Waals surface area (Å²) in [6.07, 6.45) is 2.95. The van der Waals surface area contributed by atoms with Crippen molar-refractivity contribution in [1.82, 2.24) is 4.98 Å². The fourth-order valence-electron chi connectivity index (χ4n) is 1.49. The predicted octanol–water partition coefficient (Wildman–Crippen LogP) is 2.05. The second-order valence-corrected chi connectivity index (χ2v) is 5.55. The van der Waals surface area contributed by atoms with Crippen molar-refractivity contribution in [2.24, 2.45) is 0 Å². The van der Waals surface area contributed by atoms with E-state index in [0.29, 0.717) is 5.69 Å². The Bertz CT molecular complexity index is 644. The summed E-state index contributed by atoms with van der Waals surface area (Å²) in [5.41, 5.74) is 0.424. The van der Waals surface area contributed by atoms with Gasteiger partial charge in [0, 0.05) is 19.4 Å². The Balaban J connectivity index is 2.48. The molecule has 0 saturated carbocycles. The Morgan fingerprint density at radius 2 is 1.72 bits per heavy atom. The predicted molar refractivity (Wildman–Crippen MR) is 66.2 cm³/mol. The average Bonchev–Trinajstić information content (AvgIpc) is 2.39. The molecule has 1 aromatic heterocycles. The van der Waals surface area contributed by atoms with E-state index in [9.17, 15) is 12.8 Å². The van der Waals surface area contributed by atoms with Gasteiger partial charge in [0.05, 0.1) is 5.69 Å². The number of sulfonamides is 1. The molecule has 0 fully saturated rings. The maximum atomic E-state index is 13.5. The molecule has 0 atom stereocenters. The monoisotopic (exact) mass is 266 g/mol. The third kappa shape index (κ3) is 2.19. The lowest BCUT2D eigenvalue weighted by atomic mass is 10.3. The number of hydrogen-bond acceptors (Lipinski definition) is 3. The number of benzene rings is 1. The minimum atomic E-state index is -3.89. The van der Waals surface area contributed by atoms with Crippen molar-refractivity contribution in [3.05, 3.63) is 54.6 Å². The van der Waals surface area contributed by atoms with Crippen LogP contribution in [-0.2, 0) is 10.0 Å². The first-order chi connectivity index (χ1) is 8.53. The molecule has 2 rings (SSSR count). The molecule has 0 aliphatic rings. The van der Waals surface area contributed by atoms with Crippen LogP contribution in [0.25, 0.3) is 0 Å². The zero-order chi connectivity index (χ0) is 13.2. The van der Waals surface area contributed by atoms with Gasteiger partial charge in [0.1, 0.15) is 10.7 Å². The second-order valence-electron chi connectivity index (χ2n) is 3.61. The summed E-state index contributed by atoms with van der Waals surface area (Å²) in [5.74, 6) is -0.765. The zero-order valence-corrected chi connectivity index (χ0v) is 10.4. The number of rotatable bonds is 3. The van der Waals surface area contributed by atoms with Crippen LogP contribution in [0.2, 0.25) is 0 Å². The first kappa shape index (κ1) is 12.5. The summed E-state index contributed by atoms with van der Waals surface area (Å²) >= 11 is 0. The maximum Gasteiger partial charge on any atom is 0.266 e. The summed E-state index contributed by atoms with van der Waals surface area (Å²) in [5, 5.41) is 0. The van der Waals surface area contributed by atoms with Gasteiger partial charge >= 0.3 is 0 Å². The molecule has 0 radical (unpaired) electrons. The van der Waals surface area contributed by atoms with E-state index in [1.165, 1.54) is 37.6 Å². The summed E-state index contributed by atoms with van der Waals surface area (Å²) < 4.78 is 39.0. The van der Waals surface area contributed by atoms with E-state index in [-0.39, 0.29) is 4.90 Å². The Kier molecular flexibility index (Phi) is 3.29. The van der Waals surface area contributed by atoms with Gasteiger partial charge in [-0.05, 0) is 24.3 Å². The number of nitrogens with zero attached hydrogens (tertiary/aromatic N) is 2. The zero-order valence-electron chi connectivity index (χ0n) is 9.62. The van der Waals surface area contributed by atoms with Gasteiger partial charge in [-0.3, -0.25) is 9.29 Å². The van der Waals surface area contributed by atoms with E-state index < -0.39 is 15.8 Å². The number of hydrogen-bond donors (Lipinski definition) is 0. The molecular weight excluding hydrogens is 255 g/mol. The van der Waals surface area contributed by atoms with Crippen molar-refractivity contribution in [2.75, 3.05) is 11.4 Å². The van der Waals surface area contributed by atoms with Crippen LogP contribution >= 0.6 is 0 Å². The summed E-state index contributed by atoms with van der Waals surface area (Å²) in [6.45, 7) is 0. The summed E-state index contributed by atoms with van der Waals surface area (Å²) in [6, 6.07) is 8.36. The highest BCUT2D eigenvalue weighted by molar-refractivity contribution is 7.92. The van der Waals surface area contributed by atoms with Crippen molar-refractivity contribution >= 4 is 15.7 Å². The first-order valence-corrected chi connectivity index (χ1v) is 6.61. The lowest BCUT2D eigenvalue weighted by molar-refractivity contribution is 0.566. The van der Waals surface area contributed by atoms with E-state index in [1.807, 2.05) is 0 Å². The van der Waals surface area contributed by atoms with Crippen LogP contribution in [0.1, 0.15) is 0 Å². The van der Waals surface area contributed by atoms with Crippen LogP contribution < -0.4 is 4.31 Å². The molecule has 18 heavy (non-hydrogen) atoms. The smallest absolute Gasteiger partial charge is 0.266 e. The van der Waals surface area contributed by atoms with E-state index >= 15 is 0 Å². The summed E-state index contributed by atoms with van der Waals surface area (Å²) in [4.78, 5) is 3.46. The Labute approximate surface area is 105 Å². The molecule has 0 spiro atoms. The first-order valence-electron chi connectivity index (χ1n) is 5.17. The topological polar surface area (TPSA) is 50.3 Å². The maximum absolute atomic E-state index is 13.5. The fourth-order valence-corrected chi connectivity index (χ4v) is 2.75. The van der Waals surface area contributed by atoms with Gasteiger partial charge in [-0.15, -0.1) is 0 Å². The minimum Gasteiger partial charge on any atom is -0.269 e. The molecule has 0 N–H and O–H groups in total. The molecule has 0 aliphatic carbocycles. The number of anilines is 1. The number of halogens is 1. The molecule has 1 aromatic carbocycles. The van der Waals surface area contributed by atoms with Crippen LogP contribution in [0.3, 0.4) is 0 Å². The lowest BCUT2D eigenvalue weighted by Crippen LogP contribution is -2.27. The van der Waals surface area contributed by atoms with Crippen LogP contribution in [0.4, 0.5) is 10.1 Å². The minimum absolute atomic E-state index is 0.343. The molecule has 4 nitrogen and oxygen atoms in total. The van der Waals surface area contributed by atoms with E-state index in [1.54, 1.807) is 12.1 Å². The van der Waals surface area contributed by atoms with Gasteiger partial charge < -0.3 is 0 Å². The van der Waals surface area contributed by atoms with Gasteiger partial charge in [0.2, 0.25) is 0 Å². The van der Waals surface area contributed by atoms with Crippen molar-refractivity contribution in [3.63, 3.8) is 0 Å². The standard InChI is InChI=1S/C12H11FN2O2S/c1-15(10-6-8-14-9-7-10)18(16,17)12-5-3-2-4-11(12)13/h2-9H,1H3. The molecule has 0 aliphatic heterocycles. The Morgan fingerprint density at radius 3 is 2.33 bits per heavy atom. The Morgan fingerprint density at radius 1 is 1.11 bits per heavy atom. The highest BCUT2D eigenvalue weighted by atomic mass is 32.2. The number of pyridine rings is 1. The molecule has 2 aromatic rings. The van der Waals surface area contributed by atoms with Gasteiger partial charge in [-0.25, -0.2) is 12.8 Å². The lowest BCUT2D eigenvalue weighted by Gasteiger charge is -2.19. The quantitative estimate of drug-likeness (QED) is 0.854. The molecule has 0 bridgehead atoms. The number of aromatic nitrogens is 1. The van der Waals surface area contributed by atoms with Crippen molar-refractivity contribution in [3.8, 4) is 0 Å². The van der Waals surface area contributed by atoms with Crippen molar-refractivity contribution in [2.45, 2.75) is 4.90 Å².